The maximum Gasteiger partial charge on any atom is 0.156 e. The summed E-state index contributed by atoms with van der Waals surface area (Å²) in [5.74, 6) is 2.69. The van der Waals surface area contributed by atoms with Crippen LogP contribution in [0.15, 0.2) is 132 Å². The fourth-order valence-electron chi connectivity index (χ4n) is 10.2. The van der Waals surface area contributed by atoms with Gasteiger partial charge in [-0.1, -0.05) is 121 Å². The number of aromatic nitrogens is 2. The summed E-state index contributed by atoms with van der Waals surface area (Å²) in [6.45, 7) is 2.20. The highest BCUT2D eigenvalue weighted by Gasteiger charge is 2.35. The standard InChI is InChI=1S/C52H53N3/c1-35-50(40-13-4-2-5-14-40)54-52(42-15-6-3-7-16-42)55-51(35)41-28-26-39(27-29-41)49-47-21-9-8-12-38(47)30-31-48(49)46-20-11-19-45(33-46)44-18-10-17-43(32-44)37-24-22-36(34-53)23-25-37/h2,4-5,9,11,13-15,19-21,24,26,28-33,36,39,43,48-49H,3,6-8,10,12,16-18,22-23,25,27H2,1H3. The van der Waals surface area contributed by atoms with Gasteiger partial charge in [0.2, 0.25) is 0 Å². The first-order valence-corrected chi connectivity index (χ1v) is 21.1. The average Bonchev–Trinajstić information content (AvgIpc) is 3.27. The molecule has 3 heteroatoms. The van der Waals surface area contributed by atoms with Crippen LogP contribution in [0.5, 0.6) is 0 Å². The van der Waals surface area contributed by atoms with Crippen molar-refractivity contribution in [3.63, 3.8) is 0 Å². The molecule has 0 amide bonds. The monoisotopic (exact) mass is 719 g/mol. The van der Waals surface area contributed by atoms with Gasteiger partial charge in [-0.05, 0) is 141 Å². The number of allylic oxidation sites excluding steroid dienone is 16. The molecule has 55 heavy (non-hydrogen) atoms. The van der Waals surface area contributed by atoms with Gasteiger partial charge in [0.15, 0.2) is 5.82 Å². The molecule has 3 nitrogen and oxygen atoms in total. The summed E-state index contributed by atoms with van der Waals surface area (Å²) in [7, 11) is 0. The van der Waals surface area contributed by atoms with Crippen molar-refractivity contribution in [2.24, 2.45) is 23.7 Å². The molecule has 5 unspecified atom stereocenters. The number of hydrogen-bond donors (Lipinski definition) is 0. The van der Waals surface area contributed by atoms with Gasteiger partial charge >= 0.3 is 0 Å². The molecule has 6 aliphatic rings. The smallest absolute Gasteiger partial charge is 0.156 e. The Bertz CT molecular complexity index is 2250. The predicted molar refractivity (Wildman–Crippen MR) is 227 cm³/mol. The zero-order valence-corrected chi connectivity index (χ0v) is 32.4. The van der Waals surface area contributed by atoms with E-state index in [0.717, 1.165) is 86.1 Å². The third-order valence-corrected chi connectivity index (χ3v) is 13.2. The summed E-state index contributed by atoms with van der Waals surface area (Å²) in [5, 5.41) is 9.43. The van der Waals surface area contributed by atoms with E-state index in [1.807, 2.05) is 0 Å². The molecule has 0 N–H and O–H groups in total. The summed E-state index contributed by atoms with van der Waals surface area (Å²) in [6, 6.07) is 22.7. The number of nitriles is 1. The molecule has 9 rings (SSSR count). The van der Waals surface area contributed by atoms with Gasteiger partial charge in [0.05, 0.1) is 23.4 Å². The molecule has 0 fully saturated rings. The van der Waals surface area contributed by atoms with Crippen molar-refractivity contribution in [3.8, 4) is 17.3 Å². The van der Waals surface area contributed by atoms with E-state index in [-0.39, 0.29) is 5.92 Å². The lowest BCUT2D eigenvalue weighted by molar-refractivity contribution is 0.414. The maximum absolute atomic E-state index is 9.43. The second-order valence-electron chi connectivity index (χ2n) is 16.7. The second kappa shape index (κ2) is 16.0. The van der Waals surface area contributed by atoms with Crippen molar-refractivity contribution in [1.29, 1.82) is 5.26 Å². The highest BCUT2D eigenvalue weighted by Crippen LogP contribution is 2.48. The Hall–Kier alpha value is -5.07. The normalized spacial score (nSPS) is 26.4. The van der Waals surface area contributed by atoms with E-state index in [1.54, 1.807) is 5.57 Å². The molecular weight excluding hydrogens is 667 g/mol. The van der Waals surface area contributed by atoms with Crippen molar-refractivity contribution in [2.75, 3.05) is 0 Å². The maximum atomic E-state index is 9.43. The Kier molecular flexibility index (Phi) is 10.3. The van der Waals surface area contributed by atoms with Gasteiger partial charge < -0.3 is 0 Å². The highest BCUT2D eigenvalue weighted by atomic mass is 14.9. The average molecular weight is 720 g/mol. The molecule has 1 aromatic heterocycles. The van der Waals surface area contributed by atoms with Crippen LogP contribution >= 0.6 is 0 Å². The topological polar surface area (TPSA) is 49.6 Å². The van der Waals surface area contributed by atoms with Crippen LogP contribution in [0.2, 0.25) is 0 Å². The van der Waals surface area contributed by atoms with Gasteiger partial charge in [0.25, 0.3) is 0 Å². The first kappa shape index (κ1) is 35.6. The van der Waals surface area contributed by atoms with Gasteiger partial charge in [0.1, 0.15) is 0 Å². The molecule has 0 aliphatic heterocycles. The highest BCUT2D eigenvalue weighted by molar-refractivity contribution is 5.80. The van der Waals surface area contributed by atoms with Gasteiger partial charge in [0, 0.05) is 23.0 Å². The van der Waals surface area contributed by atoms with Crippen LogP contribution in [0, 0.1) is 41.9 Å². The summed E-state index contributed by atoms with van der Waals surface area (Å²) in [4.78, 5) is 10.5. The fourth-order valence-corrected chi connectivity index (χ4v) is 10.2. The van der Waals surface area contributed by atoms with E-state index in [9.17, 15) is 5.26 Å². The van der Waals surface area contributed by atoms with Crippen LogP contribution in [0.3, 0.4) is 0 Å². The zero-order chi connectivity index (χ0) is 37.1. The third kappa shape index (κ3) is 7.37. The van der Waals surface area contributed by atoms with Gasteiger partial charge in [-0.15, -0.1) is 0 Å². The minimum absolute atomic E-state index is 0.195. The van der Waals surface area contributed by atoms with Crippen molar-refractivity contribution in [3.05, 3.63) is 160 Å². The minimum atomic E-state index is 0.195. The van der Waals surface area contributed by atoms with Crippen molar-refractivity contribution < 1.29 is 0 Å². The summed E-state index contributed by atoms with van der Waals surface area (Å²) < 4.78 is 0. The number of benzene rings is 2. The Balaban J connectivity index is 1.02. The molecule has 5 atom stereocenters. The Morgan fingerprint density at radius 3 is 2.40 bits per heavy atom. The lowest BCUT2D eigenvalue weighted by Crippen LogP contribution is -2.26. The van der Waals surface area contributed by atoms with Crippen LogP contribution in [0.1, 0.15) is 118 Å². The minimum Gasteiger partial charge on any atom is -0.228 e. The lowest BCUT2D eigenvalue weighted by atomic mass is 9.66. The molecule has 276 valence electrons. The summed E-state index contributed by atoms with van der Waals surface area (Å²) in [6.07, 6.45) is 39.0. The SMILES string of the molecule is Cc1c(C2=CCC(C3C4=C(C=CC3c3cccc(C5=CC(C6=CCC(C#N)CC6)CCC5)c3)CCC=C4)C=C2)nc(C2=CCCCC2)nc1-c1ccccc1. The predicted octanol–water partition coefficient (Wildman–Crippen LogP) is 13.4. The second-order valence-corrected chi connectivity index (χ2v) is 16.7. The van der Waals surface area contributed by atoms with Gasteiger partial charge in [-0.3, -0.25) is 0 Å². The largest absolute Gasteiger partial charge is 0.228 e. The zero-order valence-electron chi connectivity index (χ0n) is 32.4. The van der Waals surface area contributed by atoms with Crippen LogP contribution in [-0.4, -0.2) is 9.97 Å². The molecule has 6 aliphatic carbocycles. The number of nitrogens with zero attached hydrogens (tertiary/aromatic N) is 3. The third-order valence-electron chi connectivity index (χ3n) is 13.2. The Labute approximate surface area is 328 Å². The molecule has 0 radical (unpaired) electrons. The van der Waals surface area contributed by atoms with E-state index in [0.29, 0.717) is 23.7 Å². The molecule has 0 bridgehead atoms. The van der Waals surface area contributed by atoms with Crippen LogP contribution < -0.4 is 0 Å². The van der Waals surface area contributed by atoms with Crippen molar-refractivity contribution in [1.82, 2.24) is 9.97 Å². The molecule has 3 aromatic rings. The first-order valence-electron chi connectivity index (χ1n) is 21.1. The number of rotatable bonds is 7. The molecular formula is C52H53N3. The molecule has 0 saturated carbocycles. The summed E-state index contributed by atoms with van der Waals surface area (Å²) >= 11 is 0. The van der Waals surface area contributed by atoms with E-state index in [2.05, 4.69) is 128 Å². The van der Waals surface area contributed by atoms with E-state index < -0.39 is 0 Å². The van der Waals surface area contributed by atoms with E-state index in [1.165, 1.54) is 64.7 Å². The van der Waals surface area contributed by atoms with Gasteiger partial charge in [-0.25, -0.2) is 9.97 Å². The number of hydrogen-bond acceptors (Lipinski definition) is 3. The molecule has 0 spiro atoms. The van der Waals surface area contributed by atoms with E-state index in [4.69, 9.17) is 9.97 Å². The quantitative estimate of drug-likeness (QED) is 0.228. The first-order chi connectivity index (χ1) is 27.1. The van der Waals surface area contributed by atoms with Crippen molar-refractivity contribution in [2.45, 2.75) is 96.3 Å². The molecule has 0 saturated heterocycles. The summed E-state index contributed by atoms with van der Waals surface area (Å²) in [5.41, 5.74) is 15.9. The lowest BCUT2D eigenvalue weighted by Gasteiger charge is -2.38. The van der Waals surface area contributed by atoms with Gasteiger partial charge in [-0.2, -0.15) is 5.26 Å². The molecule has 2 aromatic carbocycles. The molecule has 1 heterocycles. The van der Waals surface area contributed by atoms with Crippen LogP contribution in [0.4, 0.5) is 0 Å². The fraction of sp³-hybridized carbons (Fsp3) is 0.365. The Morgan fingerprint density at radius 2 is 1.60 bits per heavy atom. The van der Waals surface area contributed by atoms with Crippen LogP contribution in [-0.2, 0) is 0 Å². The van der Waals surface area contributed by atoms with Crippen molar-refractivity contribution >= 4 is 16.7 Å². The van der Waals surface area contributed by atoms with Crippen LogP contribution in [0.25, 0.3) is 28.0 Å². The Morgan fingerprint density at radius 1 is 0.727 bits per heavy atom. The van der Waals surface area contributed by atoms with E-state index >= 15 is 0 Å².